The van der Waals surface area contributed by atoms with E-state index in [-0.39, 0.29) is 5.75 Å². The van der Waals surface area contributed by atoms with E-state index < -0.39 is 0 Å². The van der Waals surface area contributed by atoms with Crippen molar-refractivity contribution in [1.82, 2.24) is 14.3 Å². The van der Waals surface area contributed by atoms with E-state index >= 15 is 0 Å². The molecule has 18 heavy (non-hydrogen) atoms. The second-order valence-corrected chi connectivity index (χ2v) is 5.11. The molecule has 1 atom stereocenters. The van der Waals surface area contributed by atoms with Crippen LogP contribution in [-0.4, -0.2) is 39.0 Å². The number of imidazole rings is 1. The van der Waals surface area contributed by atoms with Crippen LogP contribution in [0.4, 0.5) is 0 Å². The van der Waals surface area contributed by atoms with Crippen LogP contribution in [-0.2, 0) is 6.42 Å². The number of aromatic nitrogens is 2. The maximum Gasteiger partial charge on any atom is 0.179 e. The third kappa shape index (κ3) is 2.08. The predicted octanol–water partition coefficient (Wildman–Crippen LogP) is 1.92. The summed E-state index contributed by atoms with van der Waals surface area (Å²) in [4.78, 5) is 7.01. The maximum absolute atomic E-state index is 9.73. The predicted molar refractivity (Wildman–Crippen MR) is 70.8 cm³/mol. The van der Waals surface area contributed by atoms with Gasteiger partial charge in [0.15, 0.2) is 11.4 Å². The number of fused-ring (bicyclic) bond motifs is 1. The van der Waals surface area contributed by atoms with Gasteiger partial charge in [0.05, 0.1) is 5.69 Å². The lowest BCUT2D eigenvalue weighted by atomic mass is 10.0. The standard InChI is InChI=1S/C14H19N3O/c1-2-16-7-5-11(9-16)8-12-10-17-6-3-4-13(18)14(17)15-12/h3-4,6,10-11,18H,2,5,7-9H2,1H3. The van der Waals surface area contributed by atoms with Gasteiger partial charge in [-0.25, -0.2) is 4.98 Å². The van der Waals surface area contributed by atoms with Gasteiger partial charge < -0.3 is 14.4 Å². The van der Waals surface area contributed by atoms with E-state index in [1.165, 1.54) is 19.5 Å². The maximum atomic E-state index is 9.73. The lowest BCUT2D eigenvalue weighted by Gasteiger charge is -2.11. The highest BCUT2D eigenvalue weighted by Gasteiger charge is 2.22. The van der Waals surface area contributed by atoms with Crippen LogP contribution in [0.15, 0.2) is 24.5 Å². The molecule has 96 valence electrons. The van der Waals surface area contributed by atoms with Crippen LogP contribution in [0.2, 0.25) is 0 Å². The highest BCUT2D eigenvalue weighted by molar-refractivity contribution is 5.53. The zero-order chi connectivity index (χ0) is 12.5. The molecule has 1 unspecified atom stereocenters. The number of aromatic hydroxyl groups is 1. The highest BCUT2D eigenvalue weighted by Crippen LogP contribution is 2.22. The largest absolute Gasteiger partial charge is 0.504 e. The molecule has 3 heterocycles. The van der Waals surface area contributed by atoms with Gasteiger partial charge in [-0.2, -0.15) is 0 Å². The highest BCUT2D eigenvalue weighted by atomic mass is 16.3. The smallest absolute Gasteiger partial charge is 0.179 e. The lowest BCUT2D eigenvalue weighted by Crippen LogP contribution is -2.20. The Kier molecular flexibility index (Phi) is 2.96. The molecule has 0 aromatic carbocycles. The summed E-state index contributed by atoms with van der Waals surface area (Å²) in [5.74, 6) is 0.961. The molecule has 1 aliphatic heterocycles. The second kappa shape index (κ2) is 4.61. The molecule has 0 spiro atoms. The second-order valence-electron chi connectivity index (χ2n) is 5.11. The van der Waals surface area contributed by atoms with Crippen LogP contribution in [0.1, 0.15) is 19.0 Å². The minimum absolute atomic E-state index is 0.255. The molecule has 1 N–H and O–H groups in total. The molecule has 0 saturated carbocycles. The van der Waals surface area contributed by atoms with Crippen molar-refractivity contribution in [1.29, 1.82) is 0 Å². The van der Waals surface area contributed by atoms with E-state index in [0.717, 1.165) is 18.7 Å². The first kappa shape index (κ1) is 11.5. The minimum atomic E-state index is 0.255. The van der Waals surface area contributed by atoms with Crippen LogP contribution in [0, 0.1) is 5.92 Å². The first-order valence-electron chi connectivity index (χ1n) is 6.64. The monoisotopic (exact) mass is 245 g/mol. The van der Waals surface area contributed by atoms with Crippen molar-refractivity contribution >= 4 is 5.65 Å². The van der Waals surface area contributed by atoms with E-state index in [1.807, 2.05) is 22.9 Å². The third-order valence-corrected chi connectivity index (χ3v) is 3.83. The molecule has 3 rings (SSSR count). The third-order valence-electron chi connectivity index (χ3n) is 3.83. The zero-order valence-electron chi connectivity index (χ0n) is 10.7. The Bertz CT molecular complexity index is 549. The fourth-order valence-corrected chi connectivity index (χ4v) is 2.81. The average molecular weight is 245 g/mol. The fraction of sp³-hybridized carbons (Fsp3) is 0.500. The molecule has 0 bridgehead atoms. The molecule has 4 nitrogen and oxygen atoms in total. The molecule has 0 amide bonds. The van der Waals surface area contributed by atoms with E-state index in [9.17, 15) is 5.11 Å². The van der Waals surface area contributed by atoms with Gasteiger partial charge in [-0.15, -0.1) is 0 Å². The van der Waals surface area contributed by atoms with Gasteiger partial charge in [-0.3, -0.25) is 0 Å². The van der Waals surface area contributed by atoms with Crippen molar-refractivity contribution < 1.29 is 5.11 Å². The summed E-state index contributed by atoms with van der Waals surface area (Å²) in [6.45, 7) is 5.74. The molecule has 4 heteroatoms. The van der Waals surface area contributed by atoms with E-state index in [2.05, 4.69) is 16.8 Å². The van der Waals surface area contributed by atoms with Gasteiger partial charge in [-0.05, 0) is 44.0 Å². The Hall–Kier alpha value is -1.55. The molecular formula is C14H19N3O. The first-order valence-corrected chi connectivity index (χ1v) is 6.64. The molecule has 1 aliphatic rings. The topological polar surface area (TPSA) is 40.8 Å². The van der Waals surface area contributed by atoms with Gasteiger partial charge in [0.2, 0.25) is 0 Å². The van der Waals surface area contributed by atoms with Gasteiger partial charge in [-0.1, -0.05) is 6.92 Å². The normalized spacial score (nSPS) is 20.8. The quantitative estimate of drug-likeness (QED) is 0.898. The fourth-order valence-electron chi connectivity index (χ4n) is 2.81. The Morgan fingerprint density at radius 1 is 1.50 bits per heavy atom. The molecule has 1 fully saturated rings. The molecule has 2 aromatic heterocycles. The SMILES string of the molecule is CCN1CCC(Cc2cn3cccc(O)c3n2)C1. The molecule has 2 aromatic rings. The molecule has 0 radical (unpaired) electrons. The van der Waals surface area contributed by atoms with Crippen LogP contribution < -0.4 is 0 Å². The van der Waals surface area contributed by atoms with Gasteiger partial charge in [0, 0.05) is 18.9 Å². The molecule has 1 saturated heterocycles. The molecule has 0 aliphatic carbocycles. The summed E-state index contributed by atoms with van der Waals surface area (Å²) >= 11 is 0. The summed E-state index contributed by atoms with van der Waals surface area (Å²) in [7, 11) is 0. The van der Waals surface area contributed by atoms with Gasteiger partial charge in [0.1, 0.15) is 0 Å². The van der Waals surface area contributed by atoms with Crippen LogP contribution in [0.3, 0.4) is 0 Å². The number of nitrogens with zero attached hydrogens (tertiary/aromatic N) is 3. The van der Waals surface area contributed by atoms with Crippen molar-refractivity contribution in [3.63, 3.8) is 0 Å². The van der Waals surface area contributed by atoms with Gasteiger partial charge in [0.25, 0.3) is 0 Å². The average Bonchev–Trinajstić information content (AvgIpc) is 2.96. The number of rotatable bonds is 3. The minimum Gasteiger partial charge on any atom is -0.504 e. The Morgan fingerprint density at radius 3 is 3.11 bits per heavy atom. The van der Waals surface area contributed by atoms with Gasteiger partial charge >= 0.3 is 0 Å². The summed E-state index contributed by atoms with van der Waals surface area (Å²) in [5, 5.41) is 9.73. The lowest BCUT2D eigenvalue weighted by molar-refractivity contribution is 0.341. The van der Waals surface area contributed by atoms with E-state index in [0.29, 0.717) is 11.6 Å². The summed E-state index contributed by atoms with van der Waals surface area (Å²) < 4.78 is 1.90. The number of likely N-dealkylation sites (tertiary alicyclic amines) is 1. The Balaban J connectivity index is 1.77. The summed E-state index contributed by atoms with van der Waals surface area (Å²) in [5.41, 5.74) is 1.75. The molecular weight excluding hydrogens is 226 g/mol. The Labute approximate surface area is 107 Å². The van der Waals surface area contributed by atoms with Crippen molar-refractivity contribution in [3.8, 4) is 5.75 Å². The number of hydrogen-bond donors (Lipinski definition) is 1. The number of pyridine rings is 1. The van der Waals surface area contributed by atoms with E-state index in [1.54, 1.807) is 6.07 Å². The summed E-state index contributed by atoms with van der Waals surface area (Å²) in [6.07, 6.45) is 6.23. The van der Waals surface area contributed by atoms with E-state index in [4.69, 9.17) is 0 Å². The first-order chi connectivity index (χ1) is 8.76. The zero-order valence-corrected chi connectivity index (χ0v) is 10.7. The Morgan fingerprint density at radius 2 is 2.39 bits per heavy atom. The van der Waals surface area contributed by atoms with Crippen LogP contribution in [0.25, 0.3) is 5.65 Å². The number of hydrogen-bond acceptors (Lipinski definition) is 3. The van der Waals surface area contributed by atoms with Crippen molar-refractivity contribution in [2.24, 2.45) is 5.92 Å². The van der Waals surface area contributed by atoms with Crippen LogP contribution >= 0.6 is 0 Å². The van der Waals surface area contributed by atoms with Crippen LogP contribution in [0.5, 0.6) is 5.75 Å². The summed E-state index contributed by atoms with van der Waals surface area (Å²) in [6, 6.07) is 3.52. The van der Waals surface area contributed by atoms with Crippen molar-refractivity contribution in [2.45, 2.75) is 19.8 Å². The van der Waals surface area contributed by atoms with Crippen molar-refractivity contribution in [3.05, 3.63) is 30.2 Å². The van der Waals surface area contributed by atoms with Crippen molar-refractivity contribution in [2.75, 3.05) is 19.6 Å².